The molecule has 7 heteroatoms. The summed E-state index contributed by atoms with van der Waals surface area (Å²) in [5.74, 6) is -2.15. The van der Waals surface area contributed by atoms with Gasteiger partial charge < -0.3 is 10.4 Å². The van der Waals surface area contributed by atoms with Crippen molar-refractivity contribution in [2.24, 2.45) is 5.92 Å². The Labute approximate surface area is 109 Å². The summed E-state index contributed by atoms with van der Waals surface area (Å²) in [6.45, 7) is 1.46. The maximum absolute atomic E-state index is 11.6. The molecule has 1 atom stereocenters. The fourth-order valence-electron chi connectivity index (χ4n) is 1.43. The van der Waals surface area contributed by atoms with Crippen LogP contribution in [0.2, 0.25) is 0 Å². The molecule has 0 bridgehead atoms. The number of carbonyl (C=O) groups is 2. The normalized spacial score (nSPS) is 11.6. The predicted molar refractivity (Wildman–Crippen MR) is 66.6 cm³/mol. The van der Waals surface area contributed by atoms with E-state index in [1.165, 1.54) is 25.1 Å². The molecule has 0 spiro atoms. The minimum absolute atomic E-state index is 0.00516. The predicted octanol–water partition coefficient (Wildman–Crippen LogP) is 0.974. The second kappa shape index (κ2) is 6.48. The molecule has 0 aliphatic heterocycles. The van der Waals surface area contributed by atoms with Crippen molar-refractivity contribution in [1.29, 1.82) is 0 Å². The molecule has 1 rings (SSSR count). The molecule has 0 aromatic heterocycles. The molecule has 1 aromatic rings. The van der Waals surface area contributed by atoms with Crippen LogP contribution in [-0.2, 0) is 16.0 Å². The van der Waals surface area contributed by atoms with Crippen LogP contribution in [0.25, 0.3) is 0 Å². The van der Waals surface area contributed by atoms with E-state index in [0.29, 0.717) is 5.56 Å². The van der Waals surface area contributed by atoms with E-state index in [2.05, 4.69) is 5.32 Å². The maximum atomic E-state index is 11.6. The zero-order valence-corrected chi connectivity index (χ0v) is 10.3. The Balaban J connectivity index is 2.63. The topological polar surface area (TPSA) is 110 Å². The third-order valence-corrected chi connectivity index (χ3v) is 2.57. The van der Waals surface area contributed by atoms with Crippen LogP contribution in [0.3, 0.4) is 0 Å². The van der Waals surface area contributed by atoms with E-state index in [4.69, 9.17) is 5.11 Å². The summed E-state index contributed by atoms with van der Waals surface area (Å²) in [5.41, 5.74) is 0.178. The Morgan fingerprint density at radius 3 is 2.63 bits per heavy atom. The van der Waals surface area contributed by atoms with Gasteiger partial charge in [0.05, 0.1) is 17.3 Å². The summed E-state index contributed by atoms with van der Waals surface area (Å²) in [5, 5.41) is 21.9. The van der Waals surface area contributed by atoms with E-state index >= 15 is 0 Å². The number of nitro groups is 1. The lowest BCUT2D eigenvalue weighted by atomic mass is 10.1. The van der Waals surface area contributed by atoms with Crippen LogP contribution in [0.4, 0.5) is 5.69 Å². The van der Waals surface area contributed by atoms with Crippen LogP contribution in [0.1, 0.15) is 12.5 Å². The first-order valence-electron chi connectivity index (χ1n) is 5.63. The van der Waals surface area contributed by atoms with Crippen molar-refractivity contribution in [3.8, 4) is 0 Å². The molecular weight excluding hydrogens is 252 g/mol. The number of hydrogen-bond acceptors (Lipinski definition) is 4. The van der Waals surface area contributed by atoms with Crippen molar-refractivity contribution in [2.75, 3.05) is 6.54 Å². The molecule has 0 heterocycles. The van der Waals surface area contributed by atoms with Gasteiger partial charge in [-0.2, -0.15) is 0 Å². The molecule has 0 saturated heterocycles. The van der Waals surface area contributed by atoms with Gasteiger partial charge in [0.15, 0.2) is 0 Å². The fraction of sp³-hybridized carbons (Fsp3) is 0.333. The number of nitrogens with zero attached hydrogens (tertiary/aromatic N) is 1. The van der Waals surface area contributed by atoms with Gasteiger partial charge in [0, 0.05) is 18.2 Å². The van der Waals surface area contributed by atoms with E-state index < -0.39 is 22.7 Å². The monoisotopic (exact) mass is 266 g/mol. The smallest absolute Gasteiger partial charge is 0.308 e. The number of carbonyl (C=O) groups excluding carboxylic acids is 1. The van der Waals surface area contributed by atoms with Crippen LogP contribution >= 0.6 is 0 Å². The van der Waals surface area contributed by atoms with Crippen LogP contribution in [0.15, 0.2) is 24.3 Å². The van der Waals surface area contributed by atoms with E-state index in [-0.39, 0.29) is 18.7 Å². The van der Waals surface area contributed by atoms with E-state index in [1.807, 2.05) is 0 Å². The van der Waals surface area contributed by atoms with Crippen molar-refractivity contribution in [3.05, 3.63) is 39.9 Å². The highest BCUT2D eigenvalue weighted by Gasteiger charge is 2.17. The zero-order chi connectivity index (χ0) is 14.4. The average Bonchev–Trinajstić information content (AvgIpc) is 2.36. The molecule has 7 nitrogen and oxygen atoms in total. The number of nitrogens with one attached hydrogen (secondary N) is 1. The van der Waals surface area contributed by atoms with Gasteiger partial charge in [0.25, 0.3) is 5.69 Å². The van der Waals surface area contributed by atoms with E-state index in [9.17, 15) is 19.7 Å². The van der Waals surface area contributed by atoms with Gasteiger partial charge in [0.1, 0.15) is 0 Å². The van der Waals surface area contributed by atoms with Crippen LogP contribution in [0.5, 0.6) is 0 Å². The number of benzene rings is 1. The number of carboxylic acid groups (broad SMARTS) is 1. The molecule has 0 aliphatic rings. The molecule has 0 radical (unpaired) electrons. The number of rotatable bonds is 6. The molecule has 2 N–H and O–H groups in total. The van der Waals surface area contributed by atoms with Gasteiger partial charge in [0.2, 0.25) is 5.91 Å². The van der Waals surface area contributed by atoms with Gasteiger partial charge in [-0.1, -0.05) is 25.1 Å². The third kappa shape index (κ3) is 4.38. The molecule has 0 saturated carbocycles. The number of amides is 1. The molecule has 102 valence electrons. The Kier molecular flexibility index (Phi) is 4.99. The number of aliphatic carboxylic acids is 1. The van der Waals surface area contributed by atoms with Gasteiger partial charge in [-0.05, 0) is 0 Å². The third-order valence-electron chi connectivity index (χ3n) is 2.57. The summed E-state index contributed by atoms with van der Waals surface area (Å²) >= 11 is 0. The number of hydrogen-bond donors (Lipinski definition) is 2. The van der Waals surface area contributed by atoms with Crippen molar-refractivity contribution in [2.45, 2.75) is 13.3 Å². The number of nitro benzene ring substituents is 1. The van der Waals surface area contributed by atoms with Gasteiger partial charge in [-0.3, -0.25) is 19.7 Å². The Morgan fingerprint density at radius 2 is 2.05 bits per heavy atom. The van der Waals surface area contributed by atoms with Crippen molar-refractivity contribution < 1.29 is 19.6 Å². The molecular formula is C12H14N2O5. The minimum Gasteiger partial charge on any atom is -0.481 e. The van der Waals surface area contributed by atoms with Crippen LogP contribution in [0, 0.1) is 16.0 Å². The Morgan fingerprint density at radius 1 is 1.42 bits per heavy atom. The standard InChI is InChI=1S/C12H14N2O5/c1-8(12(16)17)7-13-11(15)6-9-4-2-3-5-10(9)14(18)19/h2-5,8H,6-7H2,1H3,(H,13,15)(H,16,17). The first-order valence-corrected chi connectivity index (χ1v) is 5.63. The quantitative estimate of drug-likeness (QED) is 0.589. The maximum Gasteiger partial charge on any atom is 0.308 e. The Bertz CT molecular complexity index is 501. The highest BCUT2D eigenvalue weighted by Crippen LogP contribution is 2.17. The summed E-state index contributed by atoms with van der Waals surface area (Å²) in [4.78, 5) is 32.4. The summed E-state index contributed by atoms with van der Waals surface area (Å²) < 4.78 is 0. The molecule has 1 unspecified atom stereocenters. The van der Waals surface area contributed by atoms with Gasteiger partial charge in [-0.15, -0.1) is 0 Å². The number of carboxylic acids is 1. The first kappa shape index (κ1) is 14.6. The molecule has 19 heavy (non-hydrogen) atoms. The molecule has 1 amide bonds. The van der Waals surface area contributed by atoms with Crippen LogP contribution < -0.4 is 5.32 Å². The lowest BCUT2D eigenvalue weighted by molar-refractivity contribution is -0.385. The van der Waals surface area contributed by atoms with Crippen molar-refractivity contribution in [3.63, 3.8) is 0 Å². The molecule has 0 aliphatic carbocycles. The second-order valence-corrected chi connectivity index (χ2v) is 4.11. The van der Waals surface area contributed by atoms with E-state index in [0.717, 1.165) is 0 Å². The summed E-state index contributed by atoms with van der Waals surface area (Å²) in [6, 6.07) is 5.95. The minimum atomic E-state index is -1.01. The van der Waals surface area contributed by atoms with Crippen LogP contribution in [-0.4, -0.2) is 28.5 Å². The largest absolute Gasteiger partial charge is 0.481 e. The van der Waals surface area contributed by atoms with Crippen molar-refractivity contribution in [1.82, 2.24) is 5.32 Å². The molecule has 1 aromatic carbocycles. The zero-order valence-electron chi connectivity index (χ0n) is 10.3. The van der Waals surface area contributed by atoms with Crippen molar-refractivity contribution >= 4 is 17.6 Å². The SMILES string of the molecule is CC(CNC(=O)Cc1ccccc1[N+](=O)[O-])C(=O)O. The summed E-state index contributed by atoms with van der Waals surface area (Å²) in [7, 11) is 0. The number of para-hydroxylation sites is 1. The highest BCUT2D eigenvalue weighted by atomic mass is 16.6. The lowest BCUT2D eigenvalue weighted by Gasteiger charge is -2.08. The summed E-state index contributed by atoms with van der Waals surface area (Å²) in [6.07, 6.45) is -0.149. The van der Waals surface area contributed by atoms with Gasteiger partial charge in [-0.25, -0.2) is 0 Å². The Hall–Kier alpha value is -2.44. The highest BCUT2D eigenvalue weighted by molar-refractivity contribution is 5.80. The second-order valence-electron chi connectivity index (χ2n) is 4.11. The fourth-order valence-corrected chi connectivity index (χ4v) is 1.43. The first-order chi connectivity index (χ1) is 8.91. The lowest BCUT2D eigenvalue weighted by Crippen LogP contribution is -2.32. The molecule has 0 fully saturated rings. The van der Waals surface area contributed by atoms with E-state index in [1.54, 1.807) is 6.07 Å². The average molecular weight is 266 g/mol. The van der Waals surface area contributed by atoms with Gasteiger partial charge >= 0.3 is 5.97 Å².